The average molecular weight is 686 g/mol. The van der Waals surface area contributed by atoms with Crippen LogP contribution in [0.2, 0.25) is 0 Å². The summed E-state index contributed by atoms with van der Waals surface area (Å²) in [5.74, 6) is -0.216. The molecule has 1 aromatic heterocycles. The van der Waals surface area contributed by atoms with Gasteiger partial charge in [0, 0.05) is 50.9 Å². The number of aromatic nitrogens is 1. The molecule has 0 spiro atoms. The number of pyridine rings is 1. The van der Waals surface area contributed by atoms with Gasteiger partial charge in [-0.25, -0.2) is 14.2 Å². The van der Waals surface area contributed by atoms with E-state index in [-0.39, 0.29) is 74.2 Å². The Labute approximate surface area is 289 Å². The number of nitrogens with zero attached hydrogens (tertiary/aromatic N) is 5. The van der Waals surface area contributed by atoms with Crippen molar-refractivity contribution in [2.24, 2.45) is 0 Å². The predicted octanol–water partition coefficient (Wildman–Crippen LogP) is 3.46. The van der Waals surface area contributed by atoms with E-state index in [1.807, 2.05) is 33.8 Å². The van der Waals surface area contributed by atoms with E-state index < -0.39 is 11.6 Å². The molecule has 3 aliphatic rings. The zero-order valence-electron chi connectivity index (χ0n) is 29.9. The molecule has 0 bridgehead atoms. The van der Waals surface area contributed by atoms with Crippen molar-refractivity contribution in [3.8, 4) is 5.88 Å². The van der Waals surface area contributed by atoms with Gasteiger partial charge in [0.05, 0.1) is 44.7 Å². The third kappa shape index (κ3) is 8.87. The van der Waals surface area contributed by atoms with Crippen LogP contribution in [0.5, 0.6) is 5.88 Å². The van der Waals surface area contributed by atoms with Crippen LogP contribution >= 0.6 is 0 Å². The Morgan fingerprint density at radius 3 is 2.35 bits per heavy atom. The van der Waals surface area contributed by atoms with Gasteiger partial charge in [-0.05, 0) is 77.3 Å². The van der Waals surface area contributed by atoms with Crippen molar-refractivity contribution in [2.45, 2.75) is 90.4 Å². The fraction of sp³-hybridized carbons (Fsp3) is 0.639. The number of anilines is 1. The maximum atomic E-state index is 14.6. The molecule has 0 aliphatic carbocycles. The van der Waals surface area contributed by atoms with Crippen molar-refractivity contribution >= 4 is 17.7 Å². The summed E-state index contributed by atoms with van der Waals surface area (Å²) >= 11 is 0. The van der Waals surface area contributed by atoms with E-state index in [2.05, 4.69) is 28.6 Å². The molecule has 2 saturated heterocycles. The highest BCUT2D eigenvalue weighted by Crippen LogP contribution is 2.36. The van der Waals surface area contributed by atoms with Crippen molar-refractivity contribution < 1.29 is 38.0 Å². The Morgan fingerprint density at radius 2 is 1.71 bits per heavy atom. The minimum absolute atomic E-state index is 0.0962. The minimum Gasteiger partial charge on any atom is -0.474 e. The summed E-state index contributed by atoms with van der Waals surface area (Å²) in [6, 6.07) is 7.62. The highest BCUT2D eigenvalue weighted by molar-refractivity contribution is 5.97. The lowest BCUT2D eigenvalue weighted by molar-refractivity contribution is -0.123. The van der Waals surface area contributed by atoms with Crippen LogP contribution in [0, 0.1) is 5.82 Å². The molecule has 12 nitrogen and oxygen atoms in total. The number of halogens is 1. The zero-order valence-corrected chi connectivity index (χ0v) is 29.9. The van der Waals surface area contributed by atoms with Gasteiger partial charge in [0.25, 0.3) is 0 Å². The van der Waals surface area contributed by atoms with E-state index in [1.54, 1.807) is 29.0 Å². The summed E-state index contributed by atoms with van der Waals surface area (Å²) in [5.41, 5.74) is 1.85. The Balaban J connectivity index is 1.45. The predicted molar refractivity (Wildman–Crippen MR) is 182 cm³/mol. The third-order valence-electron chi connectivity index (χ3n) is 9.45. The van der Waals surface area contributed by atoms with E-state index >= 15 is 0 Å². The van der Waals surface area contributed by atoms with Gasteiger partial charge in [0.2, 0.25) is 11.8 Å². The first-order chi connectivity index (χ1) is 23.3. The molecule has 13 heteroatoms. The van der Waals surface area contributed by atoms with Gasteiger partial charge in [-0.15, -0.1) is 0 Å². The van der Waals surface area contributed by atoms with Gasteiger partial charge < -0.3 is 29.0 Å². The van der Waals surface area contributed by atoms with Crippen molar-refractivity contribution in [2.75, 3.05) is 64.6 Å². The van der Waals surface area contributed by atoms with Gasteiger partial charge in [0.1, 0.15) is 23.7 Å². The number of amides is 2. The lowest BCUT2D eigenvalue weighted by Crippen LogP contribution is -2.65. The SMILES string of the molecule is COC[C@H]1COc2nc(CO)c(Cc3ccc(F)cc3)cc2N1C(=O)CN1C[C@@H](C)N(C(=O)OC(C)(C)C)C[C@@H]1CN1[C@H](C)COC[C@H]1C. The van der Waals surface area contributed by atoms with Crippen LogP contribution in [0.25, 0.3) is 0 Å². The number of hydrogen-bond acceptors (Lipinski definition) is 10. The molecule has 1 N–H and O–H groups in total. The number of carbonyl (C=O) groups is 2. The first-order valence-corrected chi connectivity index (χ1v) is 17.2. The number of methoxy groups -OCH3 is 1. The first kappa shape index (κ1) is 36.9. The fourth-order valence-corrected chi connectivity index (χ4v) is 6.99. The number of piperazine rings is 1. The van der Waals surface area contributed by atoms with Crippen molar-refractivity contribution in [1.29, 1.82) is 0 Å². The lowest BCUT2D eigenvalue weighted by atomic mass is 10.0. The zero-order chi connectivity index (χ0) is 35.5. The number of hydrogen-bond donors (Lipinski definition) is 1. The molecule has 270 valence electrons. The van der Waals surface area contributed by atoms with Gasteiger partial charge in [-0.2, -0.15) is 0 Å². The lowest BCUT2D eigenvalue weighted by Gasteiger charge is -2.49. The second-order valence-electron chi connectivity index (χ2n) is 14.6. The van der Waals surface area contributed by atoms with Crippen molar-refractivity contribution in [3.05, 3.63) is 53.0 Å². The summed E-state index contributed by atoms with van der Waals surface area (Å²) in [6.07, 6.45) is 0.0241. The van der Waals surface area contributed by atoms with E-state index in [4.69, 9.17) is 18.9 Å². The molecule has 0 saturated carbocycles. The topological polar surface area (TPSA) is 117 Å². The average Bonchev–Trinajstić information content (AvgIpc) is 3.03. The normalized spacial score (nSPS) is 25.1. The van der Waals surface area contributed by atoms with E-state index in [0.717, 1.165) is 5.56 Å². The monoisotopic (exact) mass is 685 g/mol. The molecule has 2 fully saturated rings. The van der Waals surface area contributed by atoms with Crippen LogP contribution < -0.4 is 9.64 Å². The Hall–Kier alpha value is -3.36. The second-order valence-corrected chi connectivity index (χ2v) is 14.6. The molecule has 0 radical (unpaired) electrons. The first-order valence-electron chi connectivity index (χ1n) is 17.2. The minimum atomic E-state index is -0.633. The molecule has 3 aliphatic heterocycles. The highest BCUT2D eigenvalue weighted by atomic mass is 19.1. The largest absolute Gasteiger partial charge is 0.474 e. The van der Waals surface area contributed by atoms with Crippen LogP contribution in [0.15, 0.2) is 30.3 Å². The fourth-order valence-electron chi connectivity index (χ4n) is 6.99. The molecular formula is C36H52FN5O7. The summed E-state index contributed by atoms with van der Waals surface area (Å²) in [4.78, 5) is 40.6. The number of benzene rings is 1. The Bertz CT molecular complexity index is 1440. The standard InChI is InChI=1S/C36H52FN5O7/c1-23-14-39(29(15-40-24(2)19-47-20-25(40)3)16-41(23)35(45)49-36(4,5)6)17-33(44)42-30(21-46-7)22-48-34-32(42)13-27(31(18-43)38-34)12-26-8-10-28(37)11-9-26/h8-11,13,23-25,29-30,43H,12,14-22H2,1-7H3/t23-,24-,25-,29+,30+/m1/s1. The highest BCUT2D eigenvalue weighted by Gasteiger charge is 2.42. The van der Waals surface area contributed by atoms with Gasteiger partial charge >= 0.3 is 6.09 Å². The van der Waals surface area contributed by atoms with Crippen LogP contribution in [0.3, 0.4) is 0 Å². The van der Waals surface area contributed by atoms with Gasteiger partial charge in [-0.1, -0.05) is 12.1 Å². The molecule has 2 amide bonds. The summed E-state index contributed by atoms with van der Waals surface area (Å²) < 4.78 is 36.8. The molecule has 2 aromatic rings. The van der Waals surface area contributed by atoms with Gasteiger partial charge in [-0.3, -0.25) is 19.5 Å². The number of morpholine rings is 1. The van der Waals surface area contributed by atoms with Crippen molar-refractivity contribution in [1.82, 2.24) is 19.7 Å². The van der Waals surface area contributed by atoms with Crippen LogP contribution in [0.1, 0.15) is 58.4 Å². The Morgan fingerprint density at radius 1 is 1.02 bits per heavy atom. The number of fused-ring (bicyclic) bond motifs is 1. The second kappa shape index (κ2) is 15.7. The van der Waals surface area contributed by atoms with Crippen LogP contribution in [0.4, 0.5) is 14.9 Å². The molecule has 4 heterocycles. The Kier molecular flexibility index (Phi) is 11.8. The third-order valence-corrected chi connectivity index (χ3v) is 9.45. The number of carbonyl (C=O) groups excluding carboxylic acids is 2. The number of aliphatic hydroxyl groups excluding tert-OH is 1. The van der Waals surface area contributed by atoms with E-state index in [0.29, 0.717) is 56.2 Å². The summed E-state index contributed by atoms with van der Waals surface area (Å²) in [5, 5.41) is 10.2. The molecule has 0 unspecified atom stereocenters. The molecule has 5 rings (SSSR count). The van der Waals surface area contributed by atoms with E-state index in [9.17, 15) is 19.1 Å². The van der Waals surface area contributed by atoms with E-state index in [1.165, 1.54) is 12.1 Å². The van der Waals surface area contributed by atoms with Crippen LogP contribution in [-0.2, 0) is 32.0 Å². The number of ether oxygens (including phenoxy) is 4. The smallest absolute Gasteiger partial charge is 0.410 e. The number of aliphatic hydroxyl groups is 1. The molecular weight excluding hydrogens is 633 g/mol. The van der Waals surface area contributed by atoms with Crippen molar-refractivity contribution in [3.63, 3.8) is 0 Å². The summed E-state index contributed by atoms with van der Waals surface area (Å²) in [6.45, 7) is 14.8. The molecule has 5 atom stereocenters. The molecule has 1 aromatic carbocycles. The maximum Gasteiger partial charge on any atom is 0.410 e. The summed E-state index contributed by atoms with van der Waals surface area (Å²) in [7, 11) is 1.59. The molecule has 49 heavy (non-hydrogen) atoms. The maximum absolute atomic E-state index is 14.6. The number of rotatable bonds is 9. The van der Waals surface area contributed by atoms with Gasteiger partial charge in [0.15, 0.2) is 0 Å². The van der Waals surface area contributed by atoms with Crippen LogP contribution in [-0.4, -0.2) is 132 Å². The quantitative estimate of drug-likeness (QED) is 0.421.